The first kappa shape index (κ1) is 89.0. The number of carbonyl (C=O) groups is 1. The third kappa shape index (κ3) is 47.9. The minimum absolute atomic E-state index is 0.242. The van der Waals surface area contributed by atoms with Crippen molar-refractivity contribution in [3.05, 3.63) is 97.2 Å². The Balaban J connectivity index is 1.64. The Kier molecular flexibility index (Phi) is 60.5. The number of aliphatic hydroxyl groups excluding tert-OH is 8. The topological polar surface area (TPSA) is 228 Å². The van der Waals surface area contributed by atoms with Crippen LogP contribution in [0.4, 0.5) is 0 Å². The maximum atomic E-state index is 13.4. The van der Waals surface area contributed by atoms with Crippen LogP contribution in [0.3, 0.4) is 0 Å². The largest absolute Gasteiger partial charge is 0.394 e. The molecule has 0 radical (unpaired) electrons. The number of rotatable bonds is 65. The van der Waals surface area contributed by atoms with E-state index in [2.05, 4.69) is 104 Å². The molecule has 9 N–H and O–H groups in total. The monoisotopic (exact) mass is 1350 g/mol. The highest BCUT2D eigenvalue weighted by Crippen LogP contribution is 2.30. The van der Waals surface area contributed by atoms with Crippen molar-refractivity contribution in [3.8, 4) is 0 Å². The highest BCUT2D eigenvalue weighted by atomic mass is 16.7. The van der Waals surface area contributed by atoms with Gasteiger partial charge in [-0.1, -0.05) is 336 Å². The van der Waals surface area contributed by atoms with E-state index in [4.69, 9.17) is 18.9 Å². The summed E-state index contributed by atoms with van der Waals surface area (Å²) in [7, 11) is 0. The first-order valence-corrected chi connectivity index (χ1v) is 39.5. The molecule has 2 saturated heterocycles. The Hall–Kier alpha value is -3.09. The molecule has 14 heteroatoms. The van der Waals surface area contributed by atoms with Crippen LogP contribution in [0, 0.1) is 0 Å². The Bertz CT molecular complexity index is 1980. The molecule has 12 atom stereocenters. The van der Waals surface area contributed by atoms with Gasteiger partial charge in [0, 0.05) is 6.42 Å². The van der Waals surface area contributed by atoms with E-state index < -0.39 is 86.8 Å². The minimum atomic E-state index is -1.79. The lowest BCUT2D eigenvalue weighted by Crippen LogP contribution is -2.65. The second-order valence-corrected chi connectivity index (χ2v) is 27.5. The number of aliphatic hydroxyl groups is 8. The molecule has 12 unspecified atom stereocenters. The van der Waals surface area contributed by atoms with Gasteiger partial charge in [0.1, 0.15) is 48.8 Å². The van der Waals surface area contributed by atoms with E-state index in [0.29, 0.717) is 6.42 Å². The van der Waals surface area contributed by atoms with Gasteiger partial charge < -0.3 is 65.1 Å². The van der Waals surface area contributed by atoms with E-state index in [9.17, 15) is 45.6 Å². The van der Waals surface area contributed by atoms with Gasteiger partial charge in [0.05, 0.1) is 32.0 Å². The number of hydrogen-bond acceptors (Lipinski definition) is 13. The van der Waals surface area contributed by atoms with E-state index in [1.807, 2.05) is 6.08 Å². The summed E-state index contributed by atoms with van der Waals surface area (Å²) in [6, 6.07) is -0.924. The zero-order chi connectivity index (χ0) is 69.4. The second kappa shape index (κ2) is 65.2. The first-order valence-electron chi connectivity index (χ1n) is 39.5. The Morgan fingerprint density at radius 1 is 0.385 bits per heavy atom. The average Bonchev–Trinajstić information content (AvgIpc) is 0.812. The van der Waals surface area contributed by atoms with Crippen LogP contribution >= 0.6 is 0 Å². The minimum Gasteiger partial charge on any atom is -0.394 e. The lowest BCUT2D eigenvalue weighted by atomic mass is 9.97. The van der Waals surface area contributed by atoms with Gasteiger partial charge in [-0.2, -0.15) is 0 Å². The van der Waals surface area contributed by atoms with Crippen LogP contribution in [0.25, 0.3) is 0 Å². The number of ether oxygens (including phenoxy) is 4. The molecule has 2 aliphatic rings. The summed E-state index contributed by atoms with van der Waals surface area (Å²) >= 11 is 0. The Morgan fingerprint density at radius 2 is 0.719 bits per heavy atom. The fourth-order valence-electron chi connectivity index (χ4n) is 12.6. The molecular formula is C82H145NO13. The average molecular weight is 1350 g/mol. The molecule has 1 amide bonds. The molecule has 2 rings (SSSR count). The number of nitrogens with one attached hydrogen (secondary N) is 1. The van der Waals surface area contributed by atoms with Gasteiger partial charge >= 0.3 is 0 Å². The summed E-state index contributed by atoms with van der Waals surface area (Å²) in [5, 5.41) is 87.7. The number of hydrogen-bond donors (Lipinski definition) is 9. The molecule has 2 fully saturated rings. The van der Waals surface area contributed by atoms with Crippen LogP contribution in [0.5, 0.6) is 0 Å². The van der Waals surface area contributed by atoms with E-state index in [1.54, 1.807) is 6.08 Å². The predicted molar refractivity (Wildman–Crippen MR) is 396 cm³/mol. The molecule has 556 valence electrons. The van der Waals surface area contributed by atoms with Crippen molar-refractivity contribution in [2.75, 3.05) is 19.8 Å². The smallest absolute Gasteiger partial charge is 0.220 e. The molecule has 2 heterocycles. The fourth-order valence-corrected chi connectivity index (χ4v) is 12.6. The van der Waals surface area contributed by atoms with Gasteiger partial charge in [0.15, 0.2) is 12.6 Å². The summed E-state index contributed by atoms with van der Waals surface area (Å²) in [5.74, 6) is -0.242. The maximum Gasteiger partial charge on any atom is 0.220 e. The Morgan fingerprint density at radius 3 is 1.10 bits per heavy atom. The molecule has 0 aromatic carbocycles. The highest BCUT2D eigenvalue weighted by Gasteiger charge is 2.51. The SMILES string of the molecule is CC/C=C\C/C=C\C/C=C\C/C=C\C/C=C\C/C=C\C/C=C\CCCCCCCCCCCCCC(=O)NC(COC1OC(CO)C(OC2OC(CO)C(O)C(O)C2O)C(O)C1O)C(O)/C=C/CCCCCCCCCCCCCCCCCCCCCCCCCCCCC. The van der Waals surface area contributed by atoms with Gasteiger partial charge in [0.2, 0.25) is 5.91 Å². The lowest BCUT2D eigenvalue weighted by Gasteiger charge is -2.46. The summed E-state index contributed by atoms with van der Waals surface area (Å²) in [5.41, 5.74) is 0. The molecule has 96 heavy (non-hydrogen) atoms. The van der Waals surface area contributed by atoms with Gasteiger partial charge in [-0.3, -0.25) is 4.79 Å². The molecule has 0 aromatic heterocycles. The molecule has 14 nitrogen and oxygen atoms in total. The van der Waals surface area contributed by atoms with Crippen molar-refractivity contribution in [2.24, 2.45) is 0 Å². The van der Waals surface area contributed by atoms with Crippen molar-refractivity contribution >= 4 is 5.91 Å². The van der Waals surface area contributed by atoms with E-state index >= 15 is 0 Å². The van der Waals surface area contributed by atoms with Gasteiger partial charge in [0.25, 0.3) is 0 Å². The highest BCUT2D eigenvalue weighted by molar-refractivity contribution is 5.76. The maximum absolute atomic E-state index is 13.4. The zero-order valence-electron chi connectivity index (χ0n) is 60.8. The second-order valence-electron chi connectivity index (χ2n) is 27.5. The molecule has 0 aliphatic carbocycles. The van der Waals surface area contributed by atoms with Crippen LogP contribution < -0.4 is 5.32 Å². The van der Waals surface area contributed by atoms with Crippen molar-refractivity contribution in [1.82, 2.24) is 5.32 Å². The van der Waals surface area contributed by atoms with Gasteiger partial charge in [-0.25, -0.2) is 0 Å². The molecule has 2 aliphatic heterocycles. The van der Waals surface area contributed by atoms with Crippen molar-refractivity contribution < 1.29 is 64.6 Å². The lowest BCUT2D eigenvalue weighted by molar-refractivity contribution is -0.359. The van der Waals surface area contributed by atoms with Crippen LogP contribution in [-0.2, 0) is 23.7 Å². The summed E-state index contributed by atoms with van der Waals surface area (Å²) in [6.07, 6.45) is 76.1. The van der Waals surface area contributed by atoms with Crippen LogP contribution in [0.15, 0.2) is 97.2 Å². The van der Waals surface area contributed by atoms with Gasteiger partial charge in [-0.05, 0) is 77.0 Å². The normalized spacial score (nSPS) is 22.8. The quantitative estimate of drug-likeness (QED) is 0.0204. The molecule has 0 spiro atoms. The third-order valence-corrected chi connectivity index (χ3v) is 18.8. The predicted octanol–water partition coefficient (Wildman–Crippen LogP) is 17.7. The first-order chi connectivity index (χ1) is 47.1. The summed E-state index contributed by atoms with van der Waals surface area (Å²) in [6.45, 7) is 2.72. The molecule has 0 aromatic rings. The molecular weight excluding hydrogens is 1210 g/mol. The van der Waals surface area contributed by atoms with Crippen molar-refractivity contribution in [3.63, 3.8) is 0 Å². The molecule has 0 bridgehead atoms. The zero-order valence-corrected chi connectivity index (χ0v) is 60.8. The van der Waals surface area contributed by atoms with Crippen molar-refractivity contribution in [1.29, 1.82) is 0 Å². The number of carbonyl (C=O) groups excluding carboxylic acids is 1. The summed E-state index contributed by atoms with van der Waals surface area (Å²) < 4.78 is 22.9. The van der Waals surface area contributed by atoms with Crippen molar-refractivity contribution in [2.45, 2.75) is 396 Å². The van der Waals surface area contributed by atoms with E-state index in [1.165, 1.54) is 205 Å². The van der Waals surface area contributed by atoms with E-state index in [0.717, 1.165) is 89.9 Å². The Labute approximate surface area is 585 Å². The van der Waals surface area contributed by atoms with Crippen LogP contribution in [-0.4, -0.2) is 140 Å². The number of allylic oxidation sites excluding steroid dienone is 15. The van der Waals surface area contributed by atoms with Crippen LogP contribution in [0.1, 0.15) is 322 Å². The third-order valence-electron chi connectivity index (χ3n) is 18.8. The van der Waals surface area contributed by atoms with Gasteiger partial charge in [-0.15, -0.1) is 0 Å². The van der Waals surface area contributed by atoms with E-state index in [-0.39, 0.29) is 18.9 Å². The number of amides is 1. The summed E-state index contributed by atoms with van der Waals surface area (Å²) in [4.78, 5) is 13.4. The fraction of sp³-hybridized carbons (Fsp3) is 0.793. The number of unbranched alkanes of at least 4 members (excludes halogenated alkanes) is 38. The van der Waals surface area contributed by atoms with Crippen LogP contribution in [0.2, 0.25) is 0 Å². The molecule has 0 saturated carbocycles. The standard InChI is InChI=1S/C82H145NO13/c1-3-5-7-9-11-13-15-17-19-21-23-25-27-29-31-33-34-35-36-38-40-42-44-46-48-50-52-54-56-58-60-62-64-66-74(87)83-70(69-93-81-79(92)77(90)80(73(68-85)95-81)96-82-78(91)76(89)75(88)72(67-84)94-82)71(86)65-63-61-59-57-55-53-51-49-47-45-43-41-39-37-32-30-28-26-24-22-20-18-16-14-12-10-8-6-4-2/h5,7,11,13,17,19,23,25,29,31,34-35,38,40,63,65,70-73,75-82,84-86,88-92H,3-4,6,8-10,12,14-16,18,20-22,24,26-28,30,32-33,36-37,39,41-62,64,66-69H2,1-2H3,(H,83,87)/b7-5-,13-11-,19-17-,25-23-,31-29-,35-34-,40-38-,65-63+.